The minimum atomic E-state index is -1.52. The van der Waals surface area contributed by atoms with Gasteiger partial charge < -0.3 is 40.1 Å². The number of hydrogen-bond acceptors (Lipinski definition) is 8. The second-order valence-corrected chi connectivity index (χ2v) is 17.7. The van der Waals surface area contributed by atoms with Gasteiger partial charge in [0.1, 0.15) is 24.4 Å². The van der Waals surface area contributed by atoms with Gasteiger partial charge in [0.25, 0.3) is 0 Å². The summed E-state index contributed by atoms with van der Waals surface area (Å²) >= 11 is 0. The summed E-state index contributed by atoms with van der Waals surface area (Å²) in [5, 5.41) is 62.9. The number of aliphatic carboxylic acids is 1. The van der Waals surface area contributed by atoms with E-state index in [2.05, 4.69) is 47.6 Å². The second-order valence-electron chi connectivity index (χ2n) is 17.7. The molecule has 1 heterocycles. The molecule has 0 aromatic carbocycles. The highest BCUT2D eigenvalue weighted by Gasteiger charge is 2.69. The molecule has 0 aromatic heterocycles. The molecular formula is C36H58O9. The fraction of sp³-hybridized carbons (Fsp3) is 0.917. The van der Waals surface area contributed by atoms with Gasteiger partial charge in [-0.15, -0.1) is 0 Å². The first kappa shape index (κ1) is 33.8. The van der Waals surface area contributed by atoms with E-state index >= 15 is 0 Å². The molecule has 5 aliphatic carbocycles. The predicted molar refractivity (Wildman–Crippen MR) is 167 cm³/mol. The molecule has 45 heavy (non-hydrogen) atoms. The number of aliphatic hydroxyl groups excluding tert-OH is 5. The van der Waals surface area contributed by atoms with Gasteiger partial charge in [0.2, 0.25) is 0 Å². The van der Waals surface area contributed by atoms with E-state index in [4.69, 9.17) is 9.47 Å². The summed E-state index contributed by atoms with van der Waals surface area (Å²) in [5.74, 6) is -0.0550. The first-order valence-corrected chi connectivity index (χ1v) is 17.5. The van der Waals surface area contributed by atoms with Crippen LogP contribution in [0.4, 0.5) is 0 Å². The Balaban J connectivity index is 1.31. The molecule has 0 unspecified atom stereocenters. The van der Waals surface area contributed by atoms with Crippen molar-refractivity contribution in [3.8, 4) is 0 Å². The van der Waals surface area contributed by atoms with Crippen LogP contribution in [0.25, 0.3) is 0 Å². The van der Waals surface area contributed by atoms with E-state index < -0.39 is 54.8 Å². The molecule has 6 N–H and O–H groups in total. The zero-order chi connectivity index (χ0) is 32.9. The fourth-order valence-electron chi connectivity index (χ4n) is 12.2. The van der Waals surface area contributed by atoms with Crippen molar-refractivity contribution in [3.63, 3.8) is 0 Å². The number of allylic oxidation sites excluding steroid dienone is 2. The maximum atomic E-state index is 12.8. The Morgan fingerprint density at radius 3 is 2.29 bits per heavy atom. The average molecular weight is 635 g/mol. The quantitative estimate of drug-likeness (QED) is 0.247. The predicted octanol–water partition coefficient (Wildman–Crippen LogP) is 3.89. The molecule has 1 aliphatic heterocycles. The number of carboxylic acid groups (broad SMARTS) is 1. The van der Waals surface area contributed by atoms with E-state index in [1.807, 2.05) is 0 Å². The number of carbonyl (C=O) groups is 1. The number of carboxylic acids is 1. The standard InChI is InChI=1S/C36H58O9/c1-32(2)12-9-19-20(15-32)22-7-8-25-33(3)13-11-26(38)34(4,18-44-31-29(41)28(40)27(39)23(17-37)45-31)24(33)10-14-35(25,5)36(22,6)16-21(19)30(42)43/h7,19-21,23-29,31,37-41H,8-18H2,1-6H3,(H,42,43)/t19-,20+,21-,23+,24+,25+,26-,27+,28-,29+,31+,33-,34-,35+,36+/m0/s1. The van der Waals surface area contributed by atoms with Crippen LogP contribution in [0.2, 0.25) is 0 Å². The van der Waals surface area contributed by atoms with Gasteiger partial charge in [-0.2, -0.15) is 0 Å². The Morgan fingerprint density at radius 1 is 0.911 bits per heavy atom. The normalized spacial score (nSPS) is 54.1. The van der Waals surface area contributed by atoms with Gasteiger partial charge in [0, 0.05) is 5.41 Å². The highest BCUT2D eigenvalue weighted by Crippen LogP contribution is 2.75. The zero-order valence-electron chi connectivity index (χ0n) is 28.1. The monoisotopic (exact) mass is 634 g/mol. The van der Waals surface area contributed by atoms with E-state index in [9.17, 15) is 35.4 Å². The van der Waals surface area contributed by atoms with Gasteiger partial charge in [-0.25, -0.2) is 0 Å². The molecule has 0 radical (unpaired) electrons. The third kappa shape index (κ3) is 4.92. The molecule has 6 rings (SSSR count). The lowest BCUT2D eigenvalue weighted by Gasteiger charge is -2.71. The van der Waals surface area contributed by atoms with E-state index in [1.54, 1.807) is 0 Å². The van der Waals surface area contributed by atoms with Crippen LogP contribution in [0.15, 0.2) is 11.6 Å². The first-order valence-electron chi connectivity index (χ1n) is 17.5. The largest absolute Gasteiger partial charge is 0.481 e. The molecule has 6 aliphatic rings. The molecule has 9 nitrogen and oxygen atoms in total. The topological polar surface area (TPSA) is 157 Å². The summed E-state index contributed by atoms with van der Waals surface area (Å²) < 4.78 is 11.8. The molecule has 15 atom stereocenters. The third-order valence-electron chi connectivity index (χ3n) is 15.0. The summed E-state index contributed by atoms with van der Waals surface area (Å²) in [6.07, 6.45) is 3.14. The van der Waals surface area contributed by atoms with Crippen molar-refractivity contribution in [1.29, 1.82) is 0 Å². The Hall–Kier alpha value is -1.07. The van der Waals surface area contributed by atoms with E-state index in [1.165, 1.54) is 5.57 Å². The van der Waals surface area contributed by atoms with E-state index in [0.29, 0.717) is 24.7 Å². The van der Waals surface area contributed by atoms with Crippen LogP contribution >= 0.6 is 0 Å². The number of rotatable bonds is 5. The summed E-state index contributed by atoms with van der Waals surface area (Å²) in [4.78, 5) is 12.8. The van der Waals surface area contributed by atoms with Crippen molar-refractivity contribution in [3.05, 3.63) is 11.6 Å². The maximum Gasteiger partial charge on any atom is 0.306 e. The van der Waals surface area contributed by atoms with Gasteiger partial charge in [0.05, 0.1) is 25.2 Å². The summed E-state index contributed by atoms with van der Waals surface area (Å²) in [5.41, 5.74) is 0.611. The molecule has 9 heteroatoms. The molecule has 5 fully saturated rings. The highest BCUT2D eigenvalue weighted by molar-refractivity contribution is 5.71. The third-order valence-corrected chi connectivity index (χ3v) is 15.0. The van der Waals surface area contributed by atoms with Crippen molar-refractivity contribution in [2.45, 2.75) is 136 Å². The first-order chi connectivity index (χ1) is 20.9. The maximum absolute atomic E-state index is 12.8. The van der Waals surface area contributed by atoms with Crippen LogP contribution < -0.4 is 0 Å². The van der Waals surface area contributed by atoms with Crippen molar-refractivity contribution in [2.75, 3.05) is 13.2 Å². The lowest BCUT2D eigenvalue weighted by atomic mass is 9.34. The Labute approximate surface area is 268 Å². The molecule has 0 amide bonds. The Bertz CT molecular complexity index is 1190. The molecule has 0 aromatic rings. The minimum Gasteiger partial charge on any atom is -0.481 e. The molecule has 4 saturated carbocycles. The SMILES string of the molecule is CC1(C)CC[C@@H]2[C@@H](C(=O)O)C[C@]3(C)C(=CC[C@@H]4[C@@]5(C)CC[C@H](O)[C@@](C)(CO[C@@H]6O[C@H](CO)[C@@H](O)[C@H](O)[C@H]6O)[C@@H]5CC[C@]43C)[C@@H]2C1. The van der Waals surface area contributed by atoms with Crippen LogP contribution in [0.3, 0.4) is 0 Å². The van der Waals surface area contributed by atoms with Crippen LogP contribution in [0.1, 0.15) is 99.3 Å². The fourth-order valence-corrected chi connectivity index (χ4v) is 12.2. The minimum absolute atomic E-state index is 0.0933. The Kier molecular flexibility index (Phi) is 8.45. The number of hydrogen-bond donors (Lipinski definition) is 6. The number of fused-ring (bicyclic) bond motifs is 7. The smallest absolute Gasteiger partial charge is 0.306 e. The summed E-state index contributed by atoms with van der Waals surface area (Å²) in [6.45, 7) is 13.5. The molecular weight excluding hydrogens is 576 g/mol. The Morgan fingerprint density at radius 2 is 1.62 bits per heavy atom. The van der Waals surface area contributed by atoms with Crippen molar-refractivity contribution < 1.29 is 44.9 Å². The number of aliphatic hydroxyl groups is 5. The van der Waals surface area contributed by atoms with Gasteiger partial charge in [-0.1, -0.05) is 53.2 Å². The van der Waals surface area contributed by atoms with Crippen molar-refractivity contribution >= 4 is 5.97 Å². The molecule has 0 bridgehead atoms. The molecule has 1 saturated heterocycles. The second kappa shape index (κ2) is 11.2. The van der Waals surface area contributed by atoms with Gasteiger partial charge >= 0.3 is 5.97 Å². The zero-order valence-corrected chi connectivity index (χ0v) is 28.1. The summed E-state index contributed by atoms with van der Waals surface area (Å²) in [7, 11) is 0. The van der Waals surface area contributed by atoms with Crippen LogP contribution in [-0.4, -0.2) is 86.6 Å². The van der Waals surface area contributed by atoms with Crippen LogP contribution in [0, 0.1) is 56.7 Å². The van der Waals surface area contributed by atoms with Gasteiger partial charge in [-0.3, -0.25) is 4.79 Å². The van der Waals surface area contributed by atoms with Crippen LogP contribution in [-0.2, 0) is 14.3 Å². The number of ether oxygens (including phenoxy) is 2. The summed E-state index contributed by atoms with van der Waals surface area (Å²) in [6, 6.07) is 0. The lowest BCUT2D eigenvalue weighted by molar-refractivity contribution is -0.315. The van der Waals surface area contributed by atoms with Crippen molar-refractivity contribution in [1.82, 2.24) is 0 Å². The lowest BCUT2D eigenvalue weighted by Crippen LogP contribution is -2.66. The van der Waals surface area contributed by atoms with Crippen LogP contribution in [0.5, 0.6) is 0 Å². The van der Waals surface area contributed by atoms with E-state index in [0.717, 1.165) is 44.9 Å². The molecule has 0 spiro atoms. The van der Waals surface area contributed by atoms with E-state index in [-0.39, 0.29) is 46.0 Å². The highest BCUT2D eigenvalue weighted by atomic mass is 16.7. The average Bonchev–Trinajstić information content (AvgIpc) is 2.97. The van der Waals surface area contributed by atoms with Gasteiger partial charge in [0.15, 0.2) is 6.29 Å². The molecule has 256 valence electrons. The van der Waals surface area contributed by atoms with Gasteiger partial charge in [-0.05, 0) is 103 Å². The van der Waals surface area contributed by atoms with Crippen molar-refractivity contribution in [2.24, 2.45) is 56.7 Å².